The molecule has 0 fully saturated rings. The molecule has 152 valence electrons. The molecule has 0 atom stereocenters. The summed E-state index contributed by atoms with van der Waals surface area (Å²) in [5, 5.41) is 14.3. The van der Waals surface area contributed by atoms with Gasteiger partial charge >= 0.3 is 0 Å². The van der Waals surface area contributed by atoms with Gasteiger partial charge in [-0.2, -0.15) is 10.4 Å². The third-order valence-corrected chi connectivity index (χ3v) is 6.74. The number of allylic oxidation sites excluding steroid dienone is 1. The summed E-state index contributed by atoms with van der Waals surface area (Å²) in [6.07, 6.45) is 6.33. The summed E-state index contributed by atoms with van der Waals surface area (Å²) in [6.45, 7) is 0. The second kappa shape index (κ2) is 8.68. The van der Waals surface area contributed by atoms with Crippen LogP contribution < -0.4 is 0 Å². The molecule has 0 aliphatic carbocycles. The van der Waals surface area contributed by atoms with Crippen LogP contribution in [0.1, 0.15) is 5.56 Å². The number of hydrogen-bond acceptors (Lipinski definition) is 5. The highest BCUT2D eigenvalue weighted by Gasteiger charge is 2.22. The zero-order valence-corrected chi connectivity index (χ0v) is 18.5. The van der Waals surface area contributed by atoms with Crippen LogP contribution in [-0.4, -0.2) is 23.2 Å². The molecule has 0 amide bonds. The lowest BCUT2D eigenvalue weighted by atomic mass is 10.1. The SMILES string of the molecule is N#C/C(=C\c1cn(-c2ccccc2)nc1-c1ccncc1)S(=O)(=O)c1ccc(Br)cc1. The van der Waals surface area contributed by atoms with Gasteiger partial charge in [-0.15, -0.1) is 0 Å². The van der Waals surface area contributed by atoms with Gasteiger partial charge in [0.1, 0.15) is 16.7 Å². The number of rotatable bonds is 5. The van der Waals surface area contributed by atoms with E-state index in [1.807, 2.05) is 36.4 Å². The maximum atomic E-state index is 13.1. The number of benzene rings is 2. The van der Waals surface area contributed by atoms with Crippen LogP contribution in [0.2, 0.25) is 0 Å². The number of para-hydroxylation sites is 1. The predicted octanol–water partition coefficient (Wildman–Crippen LogP) is 5.04. The fourth-order valence-electron chi connectivity index (χ4n) is 2.99. The monoisotopic (exact) mass is 490 g/mol. The van der Waals surface area contributed by atoms with Crippen LogP contribution in [0.5, 0.6) is 0 Å². The summed E-state index contributed by atoms with van der Waals surface area (Å²) >= 11 is 3.29. The molecule has 6 nitrogen and oxygen atoms in total. The van der Waals surface area contributed by atoms with Crippen LogP contribution in [0.15, 0.2) is 99.6 Å². The number of pyridine rings is 1. The number of halogens is 1. The van der Waals surface area contributed by atoms with E-state index in [2.05, 4.69) is 26.0 Å². The van der Waals surface area contributed by atoms with Crippen molar-refractivity contribution in [1.82, 2.24) is 14.8 Å². The molecule has 0 unspecified atom stereocenters. The van der Waals surface area contributed by atoms with Gasteiger partial charge in [0.25, 0.3) is 0 Å². The summed E-state index contributed by atoms with van der Waals surface area (Å²) in [4.78, 5) is 3.71. The standard InChI is InChI=1S/C23H15BrN4O2S/c24-19-6-8-21(9-7-19)31(29,30)22(15-25)14-18-16-28(20-4-2-1-3-5-20)27-23(18)17-10-12-26-13-11-17/h1-14,16H/b22-14+. The van der Waals surface area contributed by atoms with Gasteiger partial charge in [-0.05, 0) is 54.6 Å². The Balaban J connectivity index is 1.87. The van der Waals surface area contributed by atoms with Crippen LogP contribution in [-0.2, 0) is 9.84 Å². The molecule has 8 heteroatoms. The quantitative estimate of drug-likeness (QED) is 0.365. The average molecular weight is 491 g/mol. The van der Waals surface area contributed by atoms with Crippen LogP contribution in [0, 0.1) is 11.3 Å². The topological polar surface area (TPSA) is 88.6 Å². The first-order chi connectivity index (χ1) is 15.0. The molecule has 4 aromatic rings. The summed E-state index contributed by atoms with van der Waals surface area (Å²) in [7, 11) is -3.99. The molecule has 0 bridgehead atoms. The molecule has 0 saturated heterocycles. The second-order valence-corrected chi connectivity index (χ2v) is 9.36. The van der Waals surface area contributed by atoms with E-state index in [0.717, 1.165) is 15.7 Å². The Bertz CT molecular complexity index is 1390. The van der Waals surface area contributed by atoms with E-state index >= 15 is 0 Å². The highest BCUT2D eigenvalue weighted by atomic mass is 79.9. The van der Waals surface area contributed by atoms with Crippen molar-refractivity contribution in [3.63, 3.8) is 0 Å². The van der Waals surface area contributed by atoms with Gasteiger partial charge in [0.2, 0.25) is 9.84 Å². The van der Waals surface area contributed by atoms with E-state index in [1.165, 1.54) is 18.2 Å². The summed E-state index contributed by atoms with van der Waals surface area (Å²) in [6, 6.07) is 21.0. The Labute approximate surface area is 188 Å². The summed E-state index contributed by atoms with van der Waals surface area (Å²) in [5.41, 5.74) is 2.62. The number of aromatic nitrogens is 3. The Morgan fingerprint density at radius 2 is 1.68 bits per heavy atom. The molecule has 2 heterocycles. The fourth-order valence-corrected chi connectivity index (χ4v) is 4.41. The van der Waals surface area contributed by atoms with E-state index in [4.69, 9.17) is 0 Å². The molecular weight excluding hydrogens is 476 g/mol. The van der Waals surface area contributed by atoms with E-state index < -0.39 is 9.84 Å². The lowest BCUT2D eigenvalue weighted by Gasteiger charge is -2.04. The molecule has 31 heavy (non-hydrogen) atoms. The molecule has 2 aromatic carbocycles. The molecular formula is C23H15BrN4O2S. The number of hydrogen-bond donors (Lipinski definition) is 0. The molecule has 0 aliphatic heterocycles. The van der Waals surface area contributed by atoms with Gasteiger partial charge in [-0.3, -0.25) is 4.98 Å². The lowest BCUT2D eigenvalue weighted by Crippen LogP contribution is -2.03. The zero-order chi connectivity index (χ0) is 21.8. The van der Waals surface area contributed by atoms with Gasteiger partial charge in [-0.25, -0.2) is 13.1 Å². The first-order valence-electron chi connectivity index (χ1n) is 9.17. The van der Waals surface area contributed by atoms with Crippen molar-refractivity contribution in [3.05, 3.63) is 100 Å². The highest BCUT2D eigenvalue weighted by molar-refractivity contribution is 9.10. The predicted molar refractivity (Wildman–Crippen MR) is 122 cm³/mol. The van der Waals surface area contributed by atoms with Crippen molar-refractivity contribution in [3.8, 4) is 23.0 Å². The van der Waals surface area contributed by atoms with Crippen LogP contribution >= 0.6 is 15.9 Å². The number of nitrogens with zero attached hydrogens (tertiary/aromatic N) is 4. The molecule has 0 radical (unpaired) electrons. The molecule has 4 rings (SSSR count). The van der Waals surface area contributed by atoms with Crippen molar-refractivity contribution < 1.29 is 8.42 Å². The first-order valence-corrected chi connectivity index (χ1v) is 11.4. The van der Waals surface area contributed by atoms with Crippen LogP contribution in [0.4, 0.5) is 0 Å². The Kier molecular flexibility index (Phi) is 5.80. The van der Waals surface area contributed by atoms with Gasteiger partial charge in [0.05, 0.1) is 10.6 Å². The second-order valence-electron chi connectivity index (χ2n) is 6.53. The zero-order valence-electron chi connectivity index (χ0n) is 16.1. The highest BCUT2D eigenvalue weighted by Crippen LogP contribution is 2.28. The van der Waals surface area contributed by atoms with Gasteiger partial charge in [-0.1, -0.05) is 34.1 Å². The van der Waals surface area contributed by atoms with E-state index in [0.29, 0.717) is 11.3 Å². The van der Waals surface area contributed by atoms with Crippen molar-refractivity contribution >= 4 is 31.8 Å². The van der Waals surface area contributed by atoms with E-state index in [-0.39, 0.29) is 9.80 Å². The minimum absolute atomic E-state index is 0.0458. The first kappa shape index (κ1) is 20.7. The van der Waals surface area contributed by atoms with Gasteiger partial charge in [0.15, 0.2) is 0 Å². The largest absolute Gasteiger partial charge is 0.265 e. The average Bonchev–Trinajstić information content (AvgIpc) is 3.23. The minimum atomic E-state index is -3.99. The van der Waals surface area contributed by atoms with Gasteiger partial charge < -0.3 is 0 Å². The lowest BCUT2D eigenvalue weighted by molar-refractivity contribution is 0.603. The van der Waals surface area contributed by atoms with E-state index in [1.54, 1.807) is 47.5 Å². The van der Waals surface area contributed by atoms with Crippen molar-refractivity contribution in [2.24, 2.45) is 0 Å². The normalized spacial score (nSPS) is 11.8. The minimum Gasteiger partial charge on any atom is -0.265 e. The number of sulfone groups is 1. The third-order valence-electron chi connectivity index (χ3n) is 4.53. The summed E-state index contributed by atoms with van der Waals surface area (Å²) in [5.74, 6) is 0. The Hall–Kier alpha value is -3.54. The molecule has 0 spiro atoms. The third kappa shape index (κ3) is 4.33. The number of nitriles is 1. The molecule has 0 aliphatic rings. The Morgan fingerprint density at radius 3 is 2.32 bits per heavy atom. The molecule has 2 aromatic heterocycles. The molecule has 0 N–H and O–H groups in total. The smallest absolute Gasteiger partial charge is 0.216 e. The van der Waals surface area contributed by atoms with Crippen LogP contribution in [0.3, 0.4) is 0 Å². The van der Waals surface area contributed by atoms with E-state index in [9.17, 15) is 13.7 Å². The fraction of sp³-hybridized carbons (Fsp3) is 0. The summed E-state index contributed by atoms with van der Waals surface area (Å²) < 4.78 is 28.5. The maximum absolute atomic E-state index is 13.1. The van der Waals surface area contributed by atoms with Crippen molar-refractivity contribution in [2.45, 2.75) is 4.90 Å². The Morgan fingerprint density at radius 1 is 1.00 bits per heavy atom. The van der Waals surface area contributed by atoms with Gasteiger partial charge in [0, 0.05) is 34.2 Å². The van der Waals surface area contributed by atoms with Crippen molar-refractivity contribution in [2.75, 3.05) is 0 Å². The van der Waals surface area contributed by atoms with Crippen molar-refractivity contribution in [1.29, 1.82) is 5.26 Å². The van der Waals surface area contributed by atoms with Crippen LogP contribution in [0.25, 0.3) is 23.0 Å². The molecule has 0 saturated carbocycles. The maximum Gasteiger partial charge on any atom is 0.216 e.